The zero-order valence-electron chi connectivity index (χ0n) is 7.77. The van der Waals surface area contributed by atoms with Crippen LogP contribution < -0.4 is 0 Å². The van der Waals surface area contributed by atoms with Crippen LogP contribution >= 0.6 is 0 Å². The van der Waals surface area contributed by atoms with E-state index in [-0.39, 0.29) is 17.9 Å². The van der Waals surface area contributed by atoms with Gasteiger partial charge in [-0.1, -0.05) is 19.8 Å². The molecule has 72 valence electrons. The molecular formula is C9H14N2O2. The Labute approximate surface area is 77.2 Å². The molecule has 4 heteroatoms. The Morgan fingerprint density at radius 1 is 1.38 bits per heavy atom. The fourth-order valence-corrected chi connectivity index (χ4v) is 2.68. The zero-order chi connectivity index (χ0) is 9.42. The van der Waals surface area contributed by atoms with Crippen LogP contribution in [-0.2, 0) is 4.79 Å². The van der Waals surface area contributed by atoms with Crippen molar-refractivity contribution in [1.29, 1.82) is 0 Å². The van der Waals surface area contributed by atoms with Crippen LogP contribution in [-0.4, -0.2) is 17.0 Å². The lowest BCUT2D eigenvalue weighted by Crippen LogP contribution is -2.32. The normalized spacial score (nSPS) is 39.0. The van der Waals surface area contributed by atoms with Gasteiger partial charge in [0.05, 0.1) is 11.3 Å². The van der Waals surface area contributed by atoms with E-state index in [1.807, 2.05) is 6.92 Å². The predicted molar refractivity (Wildman–Crippen MR) is 47.6 cm³/mol. The number of hydrogen-bond acceptors (Lipinski definition) is 3. The van der Waals surface area contributed by atoms with E-state index in [4.69, 9.17) is 0 Å². The maximum absolute atomic E-state index is 11.5. The van der Waals surface area contributed by atoms with Crippen LogP contribution in [0.3, 0.4) is 0 Å². The molecule has 2 fully saturated rings. The Balaban J connectivity index is 2.23. The highest BCUT2D eigenvalue weighted by Crippen LogP contribution is 2.40. The minimum atomic E-state index is -0.0769. The summed E-state index contributed by atoms with van der Waals surface area (Å²) in [6.07, 6.45) is 4.33. The molecule has 0 aromatic heterocycles. The molecule has 0 spiro atoms. The van der Waals surface area contributed by atoms with E-state index >= 15 is 0 Å². The van der Waals surface area contributed by atoms with Gasteiger partial charge in [0, 0.05) is 5.92 Å². The van der Waals surface area contributed by atoms with Crippen molar-refractivity contribution in [2.45, 2.75) is 38.6 Å². The Kier molecular flexibility index (Phi) is 2.06. The molecule has 3 atom stereocenters. The van der Waals surface area contributed by atoms with Crippen molar-refractivity contribution in [3.8, 4) is 0 Å². The number of carbonyl (C=O) groups is 1. The van der Waals surface area contributed by atoms with Crippen molar-refractivity contribution in [2.24, 2.45) is 17.1 Å². The Morgan fingerprint density at radius 3 is 2.77 bits per heavy atom. The first-order valence-corrected chi connectivity index (χ1v) is 4.92. The second-order valence-corrected chi connectivity index (χ2v) is 4.07. The topological polar surface area (TPSA) is 49.7 Å². The number of nitrogens with zero attached hydrogens (tertiary/aromatic N) is 2. The summed E-state index contributed by atoms with van der Waals surface area (Å²) in [4.78, 5) is 22.0. The molecule has 1 saturated carbocycles. The van der Waals surface area contributed by atoms with Crippen LogP contribution in [0.2, 0.25) is 0 Å². The lowest BCUT2D eigenvalue weighted by Gasteiger charge is -2.27. The molecule has 2 aliphatic rings. The molecular weight excluding hydrogens is 168 g/mol. The van der Waals surface area contributed by atoms with E-state index in [1.54, 1.807) is 0 Å². The van der Waals surface area contributed by atoms with Gasteiger partial charge in [-0.2, -0.15) is 5.01 Å². The molecule has 1 saturated heterocycles. The van der Waals surface area contributed by atoms with Crippen LogP contribution in [0.4, 0.5) is 0 Å². The minimum absolute atomic E-state index is 0.00278. The van der Waals surface area contributed by atoms with Gasteiger partial charge < -0.3 is 0 Å². The average molecular weight is 182 g/mol. The second-order valence-electron chi connectivity index (χ2n) is 4.07. The summed E-state index contributed by atoms with van der Waals surface area (Å²) in [6.45, 7) is 1.91. The van der Waals surface area contributed by atoms with Gasteiger partial charge in [0.1, 0.15) is 0 Å². The van der Waals surface area contributed by atoms with Gasteiger partial charge in [-0.05, 0) is 18.8 Å². The average Bonchev–Trinajstić information content (AvgIpc) is 2.41. The summed E-state index contributed by atoms with van der Waals surface area (Å²) in [5, 5.41) is 4.01. The van der Waals surface area contributed by atoms with Crippen LogP contribution in [0.15, 0.2) is 5.29 Å². The maximum Gasteiger partial charge on any atom is 0.248 e. The van der Waals surface area contributed by atoms with Crippen molar-refractivity contribution in [2.75, 3.05) is 0 Å². The molecule has 1 aliphatic heterocycles. The van der Waals surface area contributed by atoms with E-state index in [0.29, 0.717) is 5.92 Å². The van der Waals surface area contributed by atoms with Gasteiger partial charge in [0.25, 0.3) is 0 Å². The number of nitroso groups, excluding NO2 is 1. The summed E-state index contributed by atoms with van der Waals surface area (Å²) >= 11 is 0. The number of fused-ring (bicyclic) bond motifs is 1. The van der Waals surface area contributed by atoms with Crippen LogP contribution in [0, 0.1) is 16.7 Å². The Hall–Kier alpha value is -0.930. The lowest BCUT2D eigenvalue weighted by molar-refractivity contribution is -0.131. The van der Waals surface area contributed by atoms with E-state index < -0.39 is 0 Å². The molecule has 3 unspecified atom stereocenters. The zero-order valence-corrected chi connectivity index (χ0v) is 7.77. The summed E-state index contributed by atoms with van der Waals surface area (Å²) in [5.41, 5.74) is 0. The van der Waals surface area contributed by atoms with Gasteiger partial charge in [-0.25, -0.2) is 0 Å². The van der Waals surface area contributed by atoms with Crippen molar-refractivity contribution < 1.29 is 4.79 Å². The van der Waals surface area contributed by atoms with Gasteiger partial charge >= 0.3 is 0 Å². The molecule has 13 heavy (non-hydrogen) atoms. The van der Waals surface area contributed by atoms with Crippen molar-refractivity contribution in [3.63, 3.8) is 0 Å². The first-order chi connectivity index (χ1) is 6.25. The Morgan fingerprint density at radius 2 is 2.08 bits per heavy atom. The molecule has 2 rings (SSSR count). The first-order valence-electron chi connectivity index (χ1n) is 4.92. The van der Waals surface area contributed by atoms with E-state index in [0.717, 1.165) is 19.3 Å². The third-order valence-corrected chi connectivity index (χ3v) is 3.44. The fourth-order valence-electron chi connectivity index (χ4n) is 2.68. The smallest absolute Gasteiger partial charge is 0.248 e. The molecule has 0 aromatic carbocycles. The summed E-state index contributed by atoms with van der Waals surface area (Å²) < 4.78 is 0. The number of amides is 1. The van der Waals surface area contributed by atoms with Crippen molar-refractivity contribution in [3.05, 3.63) is 4.91 Å². The number of hydrogen-bond donors (Lipinski definition) is 0. The van der Waals surface area contributed by atoms with E-state index in [2.05, 4.69) is 5.29 Å². The highest BCUT2D eigenvalue weighted by Gasteiger charge is 2.47. The summed E-state index contributed by atoms with van der Waals surface area (Å²) in [6, 6.07) is 0.105. The summed E-state index contributed by atoms with van der Waals surface area (Å²) in [7, 11) is 0. The third-order valence-electron chi connectivity index (χ3n) is 3.44. The standard InChI is InChI=1S/C9H14N2O2/c1-6-7-4-2-3-5-8(7)11(10-13)9(6)12/h6-8H,2-5H2,1H3. The SMILES string of the molecule is CC1C(=O)N(N=O)C2CCCCC12. The fraction of sp³-hybridized carbons (Fsp3) is 0.889. The molecule has 1 amide bonds. The molecule has 0 bridgehead atoms. The third kappa shape index (κ3) is 1.16. The minimum Gasteiger partial charge on any atom is -0.273 e. The van der Waals surface area contributed by atoms with Crippen molar-refractivity contribution >= 4 is 5.91 Å². The molecule has 0 aromatic rings. The number of rotatable bonds is 1. The molecule has 0 N–H and O–H groups in total. The van der Waals surface area contributed by atoms with Crippen LogP contribution in [0.25, 0.3) is 0 Å². The molecule has 0 radical (unpaired) electrons. The lowest BCUT2D eigenvalue weighted by atomic mass is 9.80. The second kappa shape index (κ2) is 3.09. The van der Waals surface area contributed by atoms with Crippen molar-refractivity contribution in [1.82, 2.24) is 5.01 Å². The van der Waals surface area contributed by atoms with Gasteiger partial charge in [-0.3, -0.25) is 4.79 Å². The van der Waals surface area contributed by atoms with Gasteiger partial charge in [-0.15, -0.1) is 4.91 Å². The molecule has 1 aliphatic carbocycles. The first kappa shape index (κ1) is 8.66. The molecule has 4 nitrogen and oxygen atoms in total. The van der Waals surface area contributed by atoms with Crippen LogP contribution in [0.1, 0.15) is 32.6 Å². The predicted octanol–water partition coefficient (Wildman–Crippen LogP) is 1.70. The van der Waals surface area contributed by atoms with E-state index in [9.17, 15) is 9.70 Å². The van der Waals surface area contributed by atoms with E-state index in [1.165, 1.54) is 11.4 Å². The summed E-state index contributed by atoms with van der Waals surface area (Å²) in [5.74, 6) is 0.300. The largest absolute Gasteiger partial charge is 0.273 e. The maximum atomic E-state index is 11.5. The number of carbonyl (C=O) groups excluding carboxylic acids is 1. The monoisotopic (exact) mass is 182 g/mol. The highest BCUT2D eigenvalue weighted by molar-refractivity contribution is 5.81. The van der Waals surface area contributed by atoms with Gasteiger partial charge in [0.2, 0.25) is 5.91 Å². The van der Waals surface area contributed by atoms with Crippen LogP contribution in [0.5, 0.6) is 0 Å². The molecule has 1 heterocycles. The highest BCUT2D eigenvalue weighted by atomic mass is 16.3. The van der Waals surface area contributed by atoms with Gasteiger partial charge in [0.15, 0.2) is 0 Å². The Bertz CT molecular complexity index is 242. The quantitative estimate of drug-likeness (QED) is 0.579.